The van der Waals surface area contributed by atoms with Crippen LogP contribution < -0.4 is 9.47 Å². The Hall–Kier alpha value is -2.75. The molecule has 0 heterocycles. The molecule has 2 aromatic carbocycles. The first-order chi connectivity index (χ1) is 11.6. The number of carboxylic acid groups (broad SMARTS) is 1. The first-order valence-electron chi connectivity index (χ1n) is 7.83. The van der Waals surface area contributed by atoms with Gasteiger partial charge in [0.25, 0.3) is 0 Å². The molecular formula is C20H22O4. The minimum absolute atomic E-state index is 0.376. The third-order valence-corrected chi connectivity index (χ3v) is 3.74. The van der Waals surface area contributed by atoms with Crippen molar-refractivity contribution in [1.29, 1.82) is 0 Å². The molecule has 0 aliphatic carbocycles. The van der Waals surface area contributed by atoms with Crippen molar-refractivity contribution in [2.75, 3.05) is 14.2 Å². The summed E-state index contributed by atoms with van der Waals surface area (Å²) in [5.74, 6) is 0.370. The van der Waals surface area contributed by atoms with E-state index in [-0.39, 0.29) is 0 Å². The third-order valence-electron chi connectivity index (χ3n) is 3.74. The predicted molar refractivity (Wildman–Crippen MR) is 94.5 cm³/mol. The number of hydrogen-bond acceptors (Lipinski definition) is 3. The zero-order valence-corrected chi connectivity index (χ0v) is 14.0. The van der Waals surface area contributed by atoms with Gasteiger partial charge in [0.05, 0.1) is 14.2 Å². The number of aryl methyl sites for hydroxylation is 1. The molecule has 0 radical (unpaired) electrons. The lowest BCUT2D eigenvalue weighted by molar-refractivity contribution is -0.132. The maximum atomic E-state index is 11.5. The van der Waals surface area contributed by atoms with Crippen molar-refractivity contribution in [3.8, 4) is 11.5 Å². The predicted octanol–water partition coefficient (Wildman–Crippen LogP) is 4.19. The average Bonchev–Trinajstić information content (AvgIpc) is 2.61. The van der Waals surface area contributed by atoms with Crippen molar-refractivity contribution in [3.63, 3.8) is 0 Å². The smallest absolute Gasteiger partial charge is 0.331 e. The van der Waals surface area contributed by atoms with Gasteiger partial charge in [-0.05, 0) is 48.6 Å². The van der Waals surface area contributed by atoms with Crippen LogP contribution in [0.4, 0.5) is 0 Å². The molecule has 0 amide bonds. The van der Waals surface area contributed by atoms with Gasteiger partial charge in [-0.25, -0.2) is 4.79 Å². The monoisotopic (exact) mass is 326 g/mol. The topological polar surface area (TPSA) is 55.8 Å². The molecule has 4 heteroatoms. The van der Waals surface area contributed by atoms with Gasteiger partial charge in [0.2, 0.25) is 0 Å². The molecule has 0 saturated heterocycles. The van der Waals surface area contributed by atoms with Gasteiger partial charge in [0.1, 0.15) is 11.5 Å². The van der Waals surface area contributed by atoms with Crippen LogP contribution in [-0.4, -0.2) is 25.3 Å². The van der Waals surface area contributed by atoms with Crippen LogP contribution in [0, 0.1) is 0 Å². The summed E-state index contributed by atoms with van der Waals surface area (Å²) in [7, 11) is 3.14. The van der Waals surface area contributed by atoms with Crippen LogP contribution in [0.15, 0.2) is 54.1 Å². The minimum Gasteiger partial charge on any atom is -0.497 e. The first kappa shape index (κ1) is 17.6. The number of carboxylic acids is 1. The van der Waals surface area contributed by atoms with Gasteiger partial charge in [0.15, 0.2) is 0 Å². The number of rotatable bonds is 8. The van der Waals surface area contributed by atoms with Crippen LogP contribution in [0.25, 0.3) is 6.08 Å². The summed E-state index contributed by atoms with van der Waals surface area (Å²) in [6.45, 7) is 0. The molecule has 2 aromatic rings. The van der Waals surface area contributed by atoms with Crippen LogP contribution in [-0.2, 0) is 11.2 Å². The molecule has 24 heavy (non-hydrogen) atoms. The highest BCUT2D eigenvalue weighted by Crippen LogP contribution is 2.25. The second-order valence-corrected chi connectivity index (χ2v) is 5.46. The molecule has 0 spiro atoms. The van der Waals surface area contributed by atoms with E-state index in [1.807, 2.05) is 18.2 Å². The van der Waals surface area contributed by atoms with E-state index in [2.05, 4.69) is 12.1 Å². The van der Waals surface area contributed by atoms with Gasteiger partial charge in [-0.1, -0.05) is 30.3 Å². The fourth-order valence-electron chi connectivity index (χ4n) is 2.48. The Labute approximate surface area is 142 Å². The van der Waals surface area contributed by atoms with Crippen LogP contribution in [0.1, 0.15) is 24.0 Å². The van der Waals surface area contributed by atoms with Crippen molar-refractivity contribution < 1.29 is 19.4 Å². The molecule has 2 rings (SSSR count). The van der Waals surface area contributed by atoms with Crippen molar-refractivity contribution in [3.05, 3.63) is 65.2 Å². The molecule has 126 valence electrons. The number of hydrogen-bond donors (Lipinski definition) is 1. The number of aliphatic carboxylic acids is 1. The van der Waals surface area contributed by atoms with Crippen LogP contribution in [0.2, 0.25) is 0 Å². The van der Waals surface area contributed by atoms with Gasteiger partial charge >= 0.3 is 5.97 Å². The minimum atomic E-state index is -0.898. The summed E-state index contributed by atoms with van der Waals surface area (Å²) in [6, 6.07) is 15.4. The van der Waals surface area contributed by atoms with Gasteiger partial charge in [0, 0.05) is 11.6 Å². The lowest BCUT2D eigenvalue weighted by Gasteiger charge is -2.08. The highest BCUT2D eigenvalue weighted by molar-refractivity contribution is 5.92. The number of ether oxygens (including phenoxy) is 2. The molecule has 0 fully saturated rings. The molecule has 0 bridgehead atoms. The molecule has 4 nitrogen and oxygen atoms in total. The lowest BCUT2D eigenvalue weighted by Crippen LogP contribution is -2.01. The summed E-state index contributed by atoms with van der Waals surface area (Å²) in [6.07, 6.45) is 3.82. The normalized spacial score (nSPS) is 11.2. The average molecular weight is 326 g/mol. The number of benzene rings is 2. The van der Waals surface area contributed by atoms with E-state index in [4.69, 9.17) is 9.47 Å². The number of methoxy groups -OCH3 is 2. The van der Waals surface area contributed by atoms with E-state index < -0.39 is 5.97 Å². The molecule has 0 aliphatic rings. The Morgan fingerprint density at radius 2 is 1.67 bits per heavy atom. The van der Waals surface area contributed by atoms with Gasteiger partial charge in [-0.2, -0.15) is 0 Å². The van der Waals surface area contributed by atoms with E-state index in [0.717, 1.165) is 18.4 Å². The molecule has 0 saturated carbocycles. The first-order valence-corrected chi connectivity index (χ1v) is 7.83. The van der Waals surface area contributed by atoms with E-state index in [0.29, 0.717) is 23.5 Å². The molecule has 0 aromatic heterocycles. The van der Waals surface area contributed by atoms with Crippen molar-refractivity contribution in [1.82, 2.24) is 0 Å². The van der Waals surface area contributed by atoms with Gasteiger partial charge in [-0.15, -0.1) is 0 Å². The summed E-state index contributed by atoms with van der Waals surface area (Å²) < 4.78 is 10.4. The second kappa shape index (κ2) is 8.77. The highest BCUT2D eigenvalue weighted by atomic mass is 16.5. The Morgan fingerprint density at radius 3 is 2.21 bits per heavy atom. The largest absolute Gasteiger partial charge is 0.497 e. The van der Waals surface area contributed by atoms with Crippen molar-refractivity contribution in [2.45, 2.75) is 19.3 Å². The number of carbonyl (C=O) groups is 1. The van der Waals surface area contributed by atoms with E-state index in [9.17, 15) is 9.90 Å². The summed E-state index contributed by atoms with van der Waals surface area (Å²) in [5, 5.41) is 9.45. The Bertz CT molecular complexity index is 683. The fraction of sp³-hybridized carbons (Fsp3) is 0.250. The quantitative estimate of drug-likeness (QED) is 0.739. The van der Waals surface area contributed by atoms with Gasteiger partial charge < -0.3 is 14.6 Å². The zero-order chi connectivity index (χ0) is 17.4. The fourth-order valence-corrected chi connectivity index (χ4v) is 2.48. The zero-order valence-electron chi connectivity index (χ0n) is 14.0. The Kier molecular flexibility index (Phi) is 6.43. The Balaban J connectivity index is 2.11. The van der Waals surface area contributed by atoms with E-state index >= 15 is 0 Å². The third kappa shape index (κ3) is 5.16. The standard InChI is InChI=1S/C20H22O4/c1-23-18-12-16(13-19(14-18)24-2)11-17(20(21)22)10-6-9-15-7-4-3-5-8-15/h3-5,7-8,11-14H,6,9-10H2,1-2H3,(H,21,22)/b17-11+. The SMILES string of the molecule is COc1cc(/C=C(\CCCc2ccccc2)C(=O)O)cc(OC)c1. The molecule has 0 aliphatic heterocycles. The van der Waals surface area contributed by atoms with Crippen LogP contribution >= 0.6 is 0 Å². The Morgan fingerprint density at radius 1 is 1.04 bits per heavy atom. The molecule has 0 unspecified atom stereocenters. The lowest BCUT2D eigenvalue weighted by atomic mass is 10.0. The van der Waals surface area contributed by atoms with E-state index in [1.165, 1.54) is 5.56 Å². The summed E-state index contributed by atoms with van der Waals surface area (Å²) >= 11 is 0. The van der Waals surface area contributed by atoms with Gasteiger partial charge in [-0.3, -0.25) is 0 Å². The maximum absolute atomic E-state index is 11.5. The van der Waals surface area contributed by atoms with Crippen molar-refractivity contribution in [2.24, 2.45) is 0 Å². The molecular weight excluding hydrogens is 304 g/mol. The summed E-state index contributed by atoms with van der Waals surface area (Å²) in [4.78, 5) is 11.5. The highest BCUT2D eigenvalue weighted by Gasteiger charge is 2.09. The summed E-state index contributed by atoms with van der Waals surface area (Å²) in [5.41, 5.74) is 2.34. The van der Waals surface area contributed by atoms with Crippen LogP contribution in [0.5, 0.6) is 11.5 Å². The molecule has 1 N–H and O–H groups in total. The maximum Gasteiger partial charge on any atom is 0.331 e. The van der Waals surface area contributed by atoms with Crippen molar-refractivity contribution >= 4 is 12.0 Å². The second-order valence-electron chi connectivity index (χ2n) is 5.46. The van der Waals surface area contributed by atoms with Crippen LogP contribution in [0.3, 0.4) is 0 Å². The van der Waals surface area contributed by atoms with E-state index in [1.54, 1.807) is 38.5 Å². The molecule has 0 atom stereocenters.